The second-order valence-electron chi connectivity index (χ2n) is 12.5. The Labute approximate surface area is 272 Å². The van der Waals surface area contributed by atoms with Gasteiger partial charge in [-0.25, -0.2) is 0 Å². The Hall–Kier alpha value is -4.01. The van der Waals surface area contributed by atoms with E-state index in [0.29, 0.717) is 19.0 Å². The van der Waals surface area contributed by atoms with Crippen molar-refractivity contribution in [2.45, 2.75) is 83.6 Å². The van der Waals surface area contributed by atoms with E-state index >= 15 is 0 Å². The zero-order valence-corrected chi connectivity index (χ0v) is 27.0. The highest BCUT2D eigenvalue weighted by atomic mass is 16.7. The van der Waals surface area contributed by atoms with Crippen LogP contribution in [0.1, 0.15) is 49.9 Å². The molecule has 242 valence electrons. The fourth-order valence-corrected chi connectivity index (χ4v) is 5.36. The van der Waals surface area contributed by atoms with E-state index in [4.69, 9.17) is 28.4 Å². The van der Waals surface area contributed by atoms with Gasteiger partial charge in [-0.05, 0) is 39.8 Å². The number of benzene rings is 4. The van der Waals surface area contributed by atoms with Crippen molar-refractivity contribution in [2.24, 2.45) is 0 Å². The van der Waals surface area contributed by atoms with Crippen molar-refractivity contribution in [3.63, 3.8) is 0 Å². The standard InChI is InChI=1S/C39H44O7/c1-28(40)45-37-36(43-26-31-18-12-7-13-19-31)35(42-25-30-16-10-6-11-17-30)34(41-24-29-14-8-5-9-15-29)27-44-38(37)46-33-22-20-32(21-23-33)39(2,3)4/h5-23,34-38H,24-27H2,1-4H3/t34-,35+,36-,37+,38-/m1/s1. The molecule has 5 atom stereocenters. The van der Waals surface area contributed by atoms with Gasteiger partial charge in [-0.15, -0.1) is 0 Å². The van der Waals surface area contributed by atoms with E-state index in [2.05, 4.69) is 20.8 Å². The van der Waals surface area contributed by atoms with Crippen LogP contribution in [0.15, 0.2) is 115 Å². The monoisotopic (exact) mass is 624 g/mol. The molecule has 4 aromatic carbocycles. The largest absolute Gasteiger partial charge is 0.461 e. The normalized spacial score (nSPS) is 21.7. The van der Waals surface area contributed by atoms with E-state index in [1.165, 1.54) is 12.5 Å². The molecule has 4 aromatic rings. The molecule has 0 spiro atoms. The zero-order chi connectivity index (χ0) is 32.4. The molecule has 1 saturated heterocycles. The molecule has 1 aliphatic rings. The molecule has 46 heavy (non-hydrogen) atoms. The molecule has 0 aromatic heterocycles. The predicted molar refractivity (Wildman–Crippen MR) is 176 cm³/mol. The van der Waals surface area contributed by atoms with Crippen molar-refractivity contribution >= 4 is 5.97 Å². The van der Waals surface area contributed by atoms with Gasteiger partial charge in [-0.3, -0.25) is 4.79 Å². The summed E-state index contributed by atoms with van der Waals surface area (Å²) in [5.41, 5.74) is 4.13. The lowest BCUT2D eigenvalue weighted by Gasteiger charge is -2.35. The molecule has 0 aliphatic carbocycles. The van der Waals surface area contributed by atoms with Crippen molar-refractivity contribution in [1.29, 1.82) is 0 Å². The highest BCUT2D eigenvalue weighted by molar-refractivity contribution is 5.66. The highest BCUT2D eigenvalue weighted by Crippen LogP contribution is 2.31. The fraction of sp³-hybridized carbons (Fsp3) is 0.359. The van der Waals surface area contributed by atoms with Crippen molar-refractivity contribution < 1.29 is 33.2 Å². The topological polar surface area (TPSA) is 72.5 Å². The molecular formula is C39H44O7. The van der Waals surface area contributed by atoms with Crippen LogP contribution in [0.25, 0.3) is 0 Å². The summed E-state index contributed by atoms with van der Waals surface area (Å²) in [5.74, 6) is 0.103. The minimum Gasteiger partial charge on any atom is -0.461 e. The van der Waals surface area contributed by atoms with Crippen LogP contribution in [0.4, 0.5) is 0 Å². The van der Waals surface area contributed by atoms with Gasteiger partial charge in [0.15, 0.2) is 6.10 Å². The average Bonchev–Trinajstić information content (AvgIpc) is 3.18. The van der Waals surface area contributed by atoms with E-state index < -0.39 is 36.7 Å². The van der Waals surface area contributed by atoms with Gasteiger partial charge in [0, 0.05) is 6.92 Å². The summed E-state index contributed by atoms with van der Waals surface area (Å²) in [5, 5.41) is 0. The molecule has 0 unspecified atom stereocenters. The summed E-state index contributed by atoms with van der Waals surface area (Å²) in [6, 6.07) is 37.6. The van der Waals surface area contributed by atoms with Crippen LogP contribution < -0.4 is 4.74 Å². The van der Waals surface area contributed by atoms with Gasteiger partial charge in [-0.2, -0.15) is 0 Å². The lowest BCUT2D eigenvalue weighted by atomic mass is 9.87. The number of carbonyl (C=O) groups is 1. The van der Waals surface area contributed by atoms with Gasteiger partial charge in [-0.1, -0.05) is 124 Å². The molecule has 1 fully saturated rings. The number of carbonyl (C=O) groups excluding carboxylic acids is 1. The lowest BCUT2D eigenvalue weighted by molar-refractivity contribution is -0.209. The van der Waals surface area contributed by atoms with Crippen LogP contribution in [0.2, 0.25) is 0 Å². The Kier molecular flexibility index (Phi) is 11.6. The third-order valence-corrected chi connectivity index (χ3v) is 7.86. The highest BCUT2D eigenvalue weighted by Gasteiger charge is 2.48. The van der Waals surface area contributed by atoms with Crippen molar-refractivity contribution in [3.8, 4) is 5.75 Å². The molecule has 5 rings (SSSR count). The number of esters is 1. The Morgan fingerprint density at radius 1 is 0.652 bits per heavy atom. The first-order chi connectivity index (χ1) is 22.3. The quantitative estimate of drug-likeness (QED) is 0.152. The summed E-state index contributed by atoms with van der Waals surface area (Å²) in [6.07, 6.45) is -3.99. The average molecular weight is 625 g/mol. The summed E-state index contributed by atoms with van der Waals surface area (Å²) < 4.78 is 38.6. The van der Waals surface area contributed by atoms with Crippen LogP contribution in [0.5, 0.6) is 5.75 Å². The Balaban J connectivity index is 1.49. The van der Waals surface area contributed by atoms with Gasteiger partial charge < -0.3 is 28.4 Å². The van der Waals surface area contributed by atoms with Crippen LogP contribution in [-0.2, 0) is 53.7 Å². The molecular weight excluding hydrogens is 580 g/mol. The molecule has 0 N–H and O–H groups in total. The van der Waals surface area contributed by atoms with E-state index in [0.717, 1.165) is 16.7 Å². The van der Waals surface area contributed by atoms with Gasteiger partial charge in [0.2, 0.25) is 6.29 Å². The zero-order valence-electron chi connectivity index (χ0n) is 27.0. The van der Waals surface area contributed by atoms with Crippen molar-refractivity contribution in [3.05, 3.63) is 138 Å². The summed E-state index contributed by atoms with van der Waals surface area (Å²) in [4.78, 5) is 12.6. The third kappa shape index (κ3) is 9.50. The van der Waals surface area contributed by atoms with E-state index in [9.17, 15) is 4.79 Å². The summed E-state index contributed by atoms with van der Waals surface area (Å²) in [6.45, 7) is 8.87. The number of rotatable bonds is 12. The first-order valence-corrected chi connectivity index (χ1v) is 15.8. The third-order valence-electron chi connectivity index (χ3n) is 7.86. The molecule has 0 saturated carbocycles. The van der Waals surface area contributed by atoms with E-state index in [1.54, 1.807) is 0 Å². The maximum atomic E-state index is 12.6. The first-order valence-electron chi connectivity index (χ1n) is 15.8. The smallest absolute Gasteiger partial charge is 0.303 e. The molecule has 1 aliphatic heterocycles. The Morgan fingerprint density at radius 3 is 1.61 bits per heavy atom. The first kappa shape index (κ1) is 33.4. The maximum absolute atomic E-state index is 12.6. The maximum Gasteiger partial charge on any atom is 0.303 e. The SMILES string of the molecule is CC(=O)O[C@@H]1[C@@H](Oc2ccc(C(C)(C)C)cc2)OC[C@@H](OCc2ccccc2)[C@H](OCc2ccccc2)[C@H]1OCc1ccccc1. The van der Waals surface area contributed by atoms with Gasteiger partial charge >= 0.3 is 5.97 Å². The second kappa shape index (κ2) is 16.0. The van der Waals surface area contributed by atoms with Crippen LogP contribution >= 0.6 is 0 Å². The molecule has 0 radical (unpaired) electrons. The lowest BCUT2D eigenvalue weighted by Crippen LogP contribution is -2.52. The molecule has 1 heterocycles. The predicted octanol–water partition coefficient (Wildman–Crippen LogP) is 7.41. The van der Waals surface area contributed by atoms with Gasteiger partial charge in [0.1, 0.15) is 24.1 Å². The van der Waals surface area contributed by atoms with Crippen molar-refractivity contribution in [2.75, 3.05) is 6.61 Å². The van der Waals surface area contributed by atoms with Crippen LogP contribution in [0.3, 0.4) is 0 Å². The van der Waals surface area contributed by atoms with E-state index in [1.807, 2.05) is 115 Å². The molecule has 0 amide bonds. The number of hydrogen-bond donors (Lipinski definition) is 0. The summed E-state index contributed by atoms with van der Waals surface area (Å²) >= 11 is 0. The van der Waals surface area contributed by atoms with Crippen LogP contribution in [-0.4, -0.2) is 43.3 Å². The van der Waals surface area contributed by atoms with Gasteiger partial charge in [0.25, 0.3) is 0 Å². The minimum absolute atomic E-state index is 0.0133. The van der Waals surface area contributed by atoms with E-state index in [-0.39, 0.29) is 18.6 Å². The molecule has 7 nitrogen and oxygen atoms in total. The van der Waals surface area contributed by atoms with Gasteiger partial charge in [0.05, 0.1) is 26.4 Å². The summed E-state index contributed by atoms with van der Waals surface area (Å²) in [7, 11) is 0. The Bertz CT molecular complexity index is 1470. The Morgan fingerprint density at radius 2 is 1.13 bits per heavy atom. The number of ether oxygens (including phenoxy) is 6. The second-order valence-corrected chi connectivity index (χ2v) is 12.5. The number of hydrogen-bond acceptors (Lipinski definition) is 7. The van der Waals surface area contributed by atoms with Crippen molar-refractivity contribution in [1.82, 2.24) is 0 Å². The molecule has 7 heteroatoms. The van der Waals surface area contributed by atoms with Crippen LogP contribution in [0, 0.1) is 0 Å². The fourth-order valence-electron chi connectivity index (χ4n) is 5.36. The molecule has 0 bridgehead atoms. The minimum atomic E-state index is -0.988.